The average molecular weight is 316 g/mol. The SMILES string of the molecule is CCCC(=O)NC(C(=O)NC(CCC(=O)O)C(=O)O)C(C)C. The molecule has 0 spiro atoms. The number of amides is 2. The Labute approximate surface area is 129 Å². The van der Waals surface area contributed by atoms with Crippen LogP contribution in [0.5, 0.6) is 0 Å². The van der Waals surface area contributed by atoms with Gasteiger partial charge in [0.05, 0.1) is 0 Å². The first-order valence-electron chi connectivity index (χ1n) is 7.23. The molecule has 0 aliphatic heterocycles. The molecule has 0 saturated carbocycles. The van der Waals surface area contributed by atoms with Crippen molar-refractivity contribution >= 4 is 23.8 Å². The van der Waals surface area contributed by atoms with Gasteiger partial charge in [0.25, 0.3) is 0 Å². The third-order valence-electron chi connectivity index (χ3n) is 3.00. The van der Waals surface area contributed by atoms with Gasteiger partial charge in [-0.25, -0.2) is 4.79 Å². The maximum absolute atomic E-state index is 12.1. The lowest BCUT2D eigenvalue weighted by Gasteiger charge is -2.23. The van der Waals surface area contributed by atoms with E-state index in [1.165, 1.54) is 0 Å². The molecular weight excluding hydrogens is 292 g/mol. The van der Waals surface area contributed by atoms with Crippen molar-refractivity contribution in [1.29, 1.82) is 0 Å². The van der Waals surface area contributed by atoms with Crippen molar-refractivity contribution in [3.8, 4) is 0 Å². The van der Waals surface area contributed by atoms with Crippen molar-refractivity contribution in [3.05, 3.63) is 0 Å². The minimum atomic E-state index is -1.31. The zero-order chi connectivity index (χ0) is 17.3. The Bertz CT molecular complexity index is 422. The smallest absolute Gasteiger partial charge is 0.326 e. The number of carbonyl (C=O) groups excluding carboxylic acids is 2. The van der Waals surface area contributed by atoms with E-state index in [4.69, 9.17) is 10.2 Å². The normalized spacial score (nSPS) is 13.3. The summed E-state index contributed by atoms with van der Waals surface area (Å²) >= 11 is 0. The molecule has 0 heterocycles. The molecule has 0 aromatic carbocycles. The van der Waals surface area contributed by atoms with E-state index in [1.807, 2.05) is 6.92 Å². The highest BCUT2D eigenvalue weighted by Gasteiger charge is 2.28. The Hall–Kier alpha value is -2.12. The van der Waals surface area contributed by atoms with Gasteiger partial charge in [0.2, 0.25) is 11.8 Å². The lowest BCUT2D eigenvalue weighted by molar-refractivity contribution is -0.143. The largest absolute Gasteiger partial charge is 0.481 e. The summed E-state index contributed by atoms with van der Waals surface area (Å²) in [5, 5.41) is 22.5. The van der Waals surface area contributed by atoms with Crippen molar-refractivity contribution < 1.29 is 29.4 Å². The second-order valence-electron chi connectivity index (χ2n) is 5.37. The molecule has 8 heteroatoms. The Balaban J connectivity index is 4.79. The lowest BCUT2D eigenvalue weighted by atomic mass is 10.0. The van der Waals surface area contributed by atoms with Gasteiger partial charge < -0.3 is 20.8 Å². The molecule has 0 aliphatic carbocycles. The van der Waals surface area contributed by atoms with Crippen LogP contribution in [0.1, 0.15) is 46.5 Å². The van der Waals surface area contributed by atoms with E-state index in [2.05, 4.69) is 10.6 Å². The Kier molecular flexibility index (Phi) is 8.81. The van der Waals surface area contributed by atoms with Crippen LogP contribution in [0, 0.1) is 5.92 Å². The van der Waals surface area contributed by atoms with Crippen LogP contribution in [0.15, 0.2) is 0 Å². The third kappa shape index (κ3) is 7.61. The van der Waals surface area contributed by atoms with Crippen LogP contribution in [-0.2, 0) is 19.2 Å². The molecule has 0 rings (SSSR count). The molecule has 4 N–H and O–H groups in total. The number of rotatable bonds is 10. The van der Waals surface area contributed by atoms with E-state index in [1.54, 1.807) is 13.8 Å². The van der Waals surface area contributed by atoms with Crippen LogP contribution < -0.4 is 10.6 Å². The summed E-state index contributed by atoms with van der Waals surface area (Å²) < 4.78 is 0. The van der Waals surface area contributed by atoms with Gasteiger partial charge in [0.15, 0.2) is 0 Å². The fourth-order valence-electron chi connectivity index (χ4n) is 1.79. The zero-order valence-electron chi connectivity index (χ0n) is 13.1. The molecule has 0 aromatic rings. The summed E-state index contributed by atoms with van der Waals surface area (Å²) in [5.41, 5.74) is 0. The zero-order valence-corrected chi connectivity index (χ0v) is 13.1. The van der Waals surface area contributed by atoms with Gasteiger partial charge in [-0.15, -0.1) is 0 Å². The molecule has 0 radical (unpaired) electrons. The van der Waals surface area contributed by atoms with Crippen LogP contribution >= 0.6 is 0 Å². The summed E-state index contributed by atoms with van der Waals surface area (Å²) in [5.74, 6) is -3.59. The molecule has 2 amide bonds. The number of hydrogen-bond donors (Lipinski definition) is 4. The van der Waals surface area contributed by atoms with E-state index in [-0.39, 0.29) is 31.1 Å². The average Bonchev–Trinajstić information content (AvgIpc) is 2.39. The molecular formula is C14H24N2O6. The van der Waals surface area contributed by atoms with Crippen molar-refractivity contribution in [2.24, 2.45) is 5.92 Å². The number of aliphatic carboxylic acids is 2. The second kappa shape index (κ2) is 9.75. The topological polar surface area (TPSA) is 133 Å². The number of nitrogens with one attached hydrogen (secondary N) is 2. The molecule has 0 fully saturated rings. The molecule has 2 unspecified atom stereocenters. The fraction of sp³-hybridized carbons (Fsp3) is 0.714. The highest BCUT2D eigenvalue weighted by molar-refractivity contribution is 5.90. The molecule has 22 heavy (non-hydrogen) atoms. The fourth-order valence-corrected chi connectivity index (χ4v) is 1.79. The van der Waals surface area contributed by atoms with Crippen LogP contribution in [-0.4, -0.2) is 46.0 Å². The highest BCUT2D eigenvalue weighted by Crippen LogP contribution is 2.05. The van der Waals surface area contributed by atoms with Crippen molar-refractivity contribution in [3.63, 3.8) is 0 Å². The summed E-state index contributed by atoms with van der Waals surface area (Å²) in [6, 6.07) is -2.15. The second-order valence-corrected chi connectivity index (χ2v) is 5.37. The monoisotopic (exact) mass is 316 g/mol. The Morgan fingerprint density at radius 2 is 1.59 bits per heavy atom. The number of carboxylic acid groups (broad SMARTS) is 2. The van der Waals surface area contributed by atoms with E-state index in [9.17, 15) is 19.2 Å². The van der Waals surface area contributed by atoms with E-state index < -0.39 is 29.9 Å². The van der Waals surface area contributed by atoms with E-state index in [0.717, 1.165) is 0 Å². The summed E-state index contributed by atoms with van der Waals surface area (Å²) in [6.07, 6.45) is 0.322. The number of carbonyl (C=O) groups is 4. The Morgan fingerprint density at radius 3 is 2.00 bits per heavy atom. The van der Waals surface area contributed by atoms with Gasteiger partial charge >= 0.3 is 11.9 Å². The molecule has 0 saturated heterocycles. The first-order chi connectivity index (χ1) is 10.2. The van der Waals surface area contributed by atoms with E-state index in [0.29, 0.717) is 6.42 Å². The molecule has 0 bridgehead atoms. The van der Waals surface area contributed by atoms with Crippen LogP contribution in [0.25, 0.3) is 0 Å². The number of hydrogen-bond acceptors (Lipinski definition) is 4. The molecule has 8 nitrogen and oxygen atoms in total. The number of carboxylic acids is 2. The highest BCUT2D eigenvalue weighted by atomic mass is 16.4. The maximum Gasteiger partial charge on any atom is 0.326 e. The van der Waals surface area contributed by atoms with Gasteiger partial charge in [-0.2, -0.15) is 0 Å². The van der Waals surface area contributed by atoms with Gasteiger partial charge in [-0.05, 0) is 18.8 Å². The quantitative estimate of drug-likeness (QED) is 0.460. The standard InChI is InChI=1S/C14H24N2O6/c1-4-5-10(17)16-12(8(2)3)13(20)15-9(14(21)22)6-7-11(18)19/h8-9,12H,4-7H2,1-3H3,(H,15,20)(H,16,17)(H,18,19)(H,21,22). The predicted octanol–water partition coefficient (Wildman–Crippen LogP) is 0.362. The molecule has 2 atom stereocenters. The van der Waals surface area contributed by atoms with Gasteiger partial charge in [-0.3, -0.25) is 14.4 Å². The van der Waals surface area contributed by atoms with Crippen molar-refractivity contribution in [1.82, 2.24) is 10.6 Å². The molecule has 0 aromatic heterocycles. The third-order valence-corrected chi connectivity index (χ3v) is 3.00. The first kappa shape index (κ1) is 19.9. The summed E-state index contributed by atoms with van der Waals surface area (Å²) in [6.45, 7) is 5.28. The van der Waals surface area contributed by atoms with Gasteiger partial charge in [0, 0.05) is 12.8 Å². The van der Waals surface area contributed by atoms with Gasteiger partial charge in [0.1, 0.15) is 12.1 Å². The van der Waals surface area contributed by atoms with E-state index >= 15 is 0 Å². The maximum atomic E-state index is 12.1. The van der Waals surface area contributed by atoms with Crippen LogP contribution in [0.3, 0.4) is 0 Å². The minimum Gasteiger partial charge on any atom is -0.481 e. The molecule has 126 valence electrons. The van der Waals surface area contributed by atoms with Crippen LogP contribution in [0.4, 0.5) is 0 Å². The first-order valence-corrected chi connectivity index (χ1v) is 7.23. The minimum absolute atomic E-state index is 0.218. The predicted molar refractivity (Wildman–Crippen MR) is 78.1 cm³/mol. The van der Waals surface area contributed by atoms with Crippen molar-refractivity contribution in [2.45, 2.75) is 58.5 Å². The summed E-state index contributed by atoms with van der Waals surface area (Å²) in [7, 11) is 0. The lowest BCUT2D eigenvalue weighted by Crippen LogP contribution is -2.53. The van der Waals surface area contributed by atoms with Crippen molar-refractivity contribution in [2.75, 3.05) is 0 Å². The Morgan fingerprint density at radius 1 is 1.00 bits per heavy atom. The van der Waals surface area contributed by atoms with Gasteiger partial charge in [-0.1, -0.05) is 20.8 Å². The summed E-state index contributed by atoms with van der Waals surface area (Å²) in [4.78, 5) is 45.3. The molecule has 0 aliphatic rings. The van der Waals surface area contributed by atoms with Crippen LogP contribution in [0.2, 0.25) is 0 Å².